The van der Waals surface area contributed by atoms with E-state index in [4.69, 9.17) is 24.3 Å². The van der Waals surface area contributed by atoms with Crippen LogP contribution < -0.4 is 5.73 Å². The van der Waals surface area contributed by atoms with Crippen LogP contribution >= 0.6 is 7.82 Å². The van der Waals surface area contributed by atoms with Gasteiger partial charge in [0.2, 0.25) is 0 Å². The maximum absolute atomic E-state index is 12.4. The largest absolute Gasteiger partial charge is 0.472 e. The first-order valence-electron chi connectivity index (χ1n) is 16.1. The van der Waals surface area contributed by atoms with Crippen LogP contribution in [0.25, 0.3) is 0 Å². The van der Waals surface area contributed by atoms with Gasteiger partial charge < -0.3 is 20.1 Å². The van der Waals surface area contributed by atoms with Gasteiger partial charge in [-0.3, -0.25) is 18.6 Å². The minimum atomic E-state index is -4.38. The molecule has 0 saturated carbocycles. The van der Waals surface area contributed by atoms with Crippen molar-refractivity contribution in [3.8, 4) is 0 Å². The average molecular weight is 628 g/mol. The average Bonchev–Trinajstić information content (AvgIpc) is 2.99. The molecule has 0 fully saturated rings. The van der Waals surface area contributed by atoms with E-state index in [9.17, 15) is 19.0 Å². The van der Waals surface area contributed by atoms with Gasteiger partial charge in [0.25, 0.3) is 0 Å². The summed E-state index contributed by atoms with van der Waals surface area (Å²) in [4.78, 5) is 34.4. The van der Waals surface area contributed by atoms with E-state index in [2.05, 4.69) is 50.3 Å². The van der Waals surface area contributed by atoms with Crippen molar-refractivity contribution < 1.29 is 37.6 Å². The number of phosphoric acid groups is 1. The van der Waals surface area contributed by atoms with Crippen LogP contribution in [0.3, 0.4) is 0 Å². The number of nitrogens with two attached hydrogens (primary N) is 1. The molecule has 0 amide bonds. The topological polar surface area (TPSA) is 134 Å². The van der Waals surface area contributed by atoms with Crippen LogP contribution in [0.2, 0.25) is 0 Å². The van der Waals surface area contributed by atoms with Crippen molar-refractivity contribution in [1.29, 1.82) is 0 Å². The highest BCUT2D eigenvalue weighted by atomic mass is 31.2. The summed E-state index contributed by atoms with van der Waals surface area (Å²) in [7, 11) is -4.38. The maximum atomic E-state index is 12.4. The molecule has 0 rings (SSSR count). The smallest absolute Gasteiger partial charge is 0.462 e. The van der Waals surface area contributed by atoms with Crippen LogP contribution in [0.15, 0.2) is 48.6 Å². The van der Waals surface area contributed by atoms with E-state index in [1.807, 2.05) is 12.2 Å². The third-order valence-electron chi connectivity index (χ3n) is 6.21. The van der Waals surface area contributed by atoms with Crippen molar-refractivity contribution >= 4 is 19.8 Å². The lowest BCUT2D eigenvalue weighted by Crippen LogP contribution is -2.29. The lowest BCUT2D eigenvalue weighted by atomic mass is 10.1. The summed E-state index contributed by atoms with van der Waals surface area (Å²) in [6, 6.07) is 0. The summed E-state index contributed by atoms with van der Waals surface area (Å²) in [5.74, 6) is -0.959. The Bertz CT molecular complexity index is 856. The highest BCUT2D eigenvalue weighted by molar-refractivity contribution is 7.47. The van der Waals surface area contributed by atoms with Crippen molar-refractivity contribution in [3.05, 3.63) is 48.6 Å². The molecule has 43 heavy (non-hydrogen) atoms. The number of hydrogen-bond donors (Lipinski definition) is 2. The van der Waals surface area contributed by atoms with Gasteiger partial charge in [-0.05, 0) is 57.8 Å². The van der Waals surface area contributed by atoms with Gasteiger partial charge in [0.05, 0.1) is 13.2 Å². The molecule has 0 saturated heterocycles. The summed E-state index contributed by atoms with van der Waals surface area (Å²) >= 11 is 0. The van der Waals surface area contributed by atoms with Crippen LogP contribution in [0, 0.1) is 0 Å². The Morgan fingerprint density at radius 2 is 1.33 bits per heavy atom. The fourth-order valence-corrected chi connectivity index (χ4v) is 4.60. The first-order valence-corrected chi connectivity index (χ1v) is 17.6. The van der Waals surface area contributed by atoms with Crippen LogP contribution in [-0.2, 0) is 32.7 Å². The summed E-state index contributed by atoms with van der Waals surface area (Å²) in [6.07, 6.45) is 30.4. The molecule has 0 spiro atoms. The number of phosphoric ester groups is 1. The van der Waals surface area contributed by atoms with E-state index >= 15 is 0 Å². The molecule has 0 aliphatic heterocycles. The highest BCUT2D eigenvalue weighted by Crippen LogP contribution is 2.43. The molecular formula is C33H58NO8P. The van der Waals surface area contributed by atoms with Gasteiger partial charge in [0.15, 0.2) is 6.10 Å². The van der Waals surface area contributed by atoms with Gasteiger partial charge in [-0.15, -0.1) is 0 Å². The van der Waals surface area contributed by atoms with Crippen LogP contribution in [-0.4, -0.2) is 49.3 Å². The predicted molar refractivity (Wildman–Crippen MR) is 173 cm³/mol. The Hall–Kier alpha value is -2.03. The van der Waals surface area contributed by atoms with E-state index in [1.54, 1.807) is 0 Å². The minimum Gasteiger partial charge on any atom is -0.462 e. The number of rotatable bonds is 29. The fraction of sp³-hybridized carbons (Fsp3) is 0.697. The van der Waals surface area contributed by atoms with Gasteiger partial charge >= 0.3 is 19.8 Å². The summed E-state index contributed by atoms with van der Waals surface area (Å²) in [6.45, 7) is 3.44. The van der Waals surface area contributed by atoms with Gasteiger partial charge in [0.1, 0.15) is 6.61 Å². The molecule has 248 valence electrons. The zero-order valence-electron chi connectivity index (χ0n) is 26.7. The van der Waals surface area contributed by atoms with Crippen molar-refractivity contribution in [2.24, 2.45) is 5.73 Å². The second-order valence-electron chi connectivity index (χ2n) is 10.3. The van der Waals surface area contributed by atoms with E-state index in [1.165, 1.54) is 38.5 Å². The molecule has 2 atom stereocenters. The summed E-state index contributed by atoms with van der Waals surface area (Å²) < 4.78 is 32.3. The second-order valence-corrected chi connectivity index (χ2v) is 11.7. The van der Waals surface area contributed by atoms with Crippen LogP contribution in [0.4, 0.5) is 0 Å². The van der Waals surface area contributed by atoms with E-state index in [0.29, 0.717) is 12.8 Å². The van der Waals surface area contributed by atoms with Gasteiger partial charge in [-0.25, -0.2) is 4.57 Å². The third kappa shape index (κ3) is 29.8. The van der Waals surface area contributed by atoms with Crippen LogP contribution in [0.5, 0.6) is 0 Å². The number of esters is 2. The Morgan fingerprint density at radius 1 is 0.721 bits per heavy atom. The standard InChI is InChI=1S/C33H58NO8P/c1-3-5-7-9-11-13-14-15-16-18-20-22-24-26-33(36)42-31(30-41-43(37,38)40-28-27-34)29-39-32(35)25-23-21-19-17-12-10-8-6-4-2/h6,8,12,15-17,20,22,31H,3-5,7,9-11,13-14,18-19,21,23-30,34H2,1-2H3,(H,37,38)/b8-6+,16-15+,17-12+,22-20+. The molecule has 0 aromatic rings. The number of allylic oxidation sites excluding steroid dienone is 8. The first-order chi connectivity index (χ1) is 20.8. The molecule has 0 aliphatic rings. The monoisotopic (exact) mass is 627 g/mol. The Kier molecular flexibility index (Phi) is 28.6. The molecule has 0 radical (unpaired) electrons. The molecule has 0 aromatic heterocycles. The second kappa shape index (κ2) is 30.0. The molecule has 2 unspecified atom stereocenters. The summed E-state index contributed by atoms with van der Waals surface area (Å²) in [5.41, 5.74) is 5.30. The van der Waals surface area contributed by atoms with Crippen molar-refractivity contribution in [2.45, 2.75) is 123 Å². The van der Waals surface area contributed by atoms with Crippen molar-refractivity contribution in [2.75, 3.05) is 26.4 Å². The molecule has 0 aromatic carbocycles. The molecule has 10 heteroatoms. The number of unbranched alkanes of at least 4 members (excludes halogenated alkanes) is 8. The van der Waals surface area contributed by atoms with Gasteiger partial charge in [-0.2, -0.15) is 0 Å². The summed E-state index contributed by atoms with van der Waals surface area (Å²) in [5, 5.41) is 0. The van der Waals surface area contributed by atoms with Crippen molar-refractivity contribution in [3.63, 3.8) is 0 Å². The molecule has 0 heterocycles. The highest BCUT2D eigenvalue weighted by Gasteiger charge is 2.25. The van der Waals surface area contributed by atoms with E-state index in [-0.39, 0.29) is 32.6 Å². The molecular weight excluding hydrogens is 569 g/mol. The number of carbonyl (C=O) groups excluding carboxylic acids is 2. The maximum Gasteiger partial charge on any atom is 0.472 e. The van der Waals surface area contributed by atoms with Gasteiger partial charge in [0, 0.05) is 19.4 Å². The molecule has 0 aliphatic carbocycles. The Labute approximate surface area is 260 Å². The first kappa shape index (κ1) is 41.0. The quantitative estimate of drug-likeness (QED) is 0.0366. The predicted octanol–water partition coefficient (Wildman–Crippen LogP) is 8.04. The fourth-order valence-electron chi connectivity index (χ4n) is 3.84. The Balaban J connectivity index is 4.46. The lowest BCUT2D eigenvalue weighted by molar-refractivity contribution is -0.161. The van der Waals surface area contributed by atoms with Crippen LogP contribution in [0.1, 0.15) is 117 Å². The molecule has 3 N–H and O–H groups in total. The van der Waals surface area contributed by atoms with E-state index in [0.717, 1.165) is 38.5 Å². The molecule has 0 bridgehead atoms. The van der Waals surface area contributed by atoms with E-state index < -0.39 is 32.5 Å². The number of hydrogen-bond acceptors (Lipinski definition) is 8. The lowest BCUT2D eigenvalue weighted by Gasteiger charge is -2.19. The number of ether oxygens (including phenoxy) is 2. The zero-order chi connectivity index (χ0) is 31.9. The third-order valence-corrected chi connectivity index (χ3v) is 7.20. The number of carbonyl (C=O) groups is 2. The zero-order valence-corrected chi connectivity index (χ0v) is 27.6. The molecule has 9 nitrogen and oxygen atoms in total. The normalized spacial score (nSPS) is 14.2. The minimum absolute atomic E-state index is 0.0398. The van der Waals surface area contributed by atoms with Gasteiger partial charge in [-0.1, -0.05) is 94.6 Å². The SMILES string of the molecule is CC/C=C/C/C=C/CCCCC(=O)OCC(COP(=O)(O)OCCN)OC(=O)CC/C=C/C/C=C/CCCCCCCC. The Morgan fingerprint density at radius 3 is 1.98 bits per heavy atom. The van der Waals surface area contributed by atoms with Crippen molar-refractivity contribution in [1.82, 2.24) is 0 Å².